The monoisotopic (exact) mass is 227 g/mol. The summed E-state index contributed by atoms with van der Waals surface area (Å²) in [4.78, 5) is 4.07. The molecule has 1 aromatic carbocycles. The predicted molar refractivity (Wildman–Crippen MR) is 63.4 cm³/mol. The summed E-state index contributed by atoms with van der Waals surface area (Å²) in [5.41, 5.74) is 7.10. The van der Waals surface area contributed by atoms with Gasteiger partial charge in [-0.2, -0.15) is 5.26 Å². The molecule has 0 radical (unpaired) electrons. The first-order valence-corrected chi connectivity index (χ1v) is 5.09. The Morgan fingerprint density at radius 3 is 2.65 bits per heavy atom. The van der Waals surface area contributed by atoms with Crippen LogP contribution in [0.4, 0.5) is 10.2 Å². The Morgan fingerprint density at radius 2 is 1.94 bits per heavy atom. The van der Waals surface area contributed by atoms with Crippen molar-refractivity contribution in [1.82, 2.24) is 4.98 Å². The number of rotatable bonds is 2. The SMILES string of the molecule is N#CCc1nc(N)ccc1-c1ccccc1F. The van der Waals surface area contributed by atoms with E-state index in [9.17, 15) is 4.39 Å². The molecule has 0 bridgehead atoms. The molecule has 84 valence electrons. The van der Waals surface area contributed by atoms with Crippen LogP contribution in [-0.4, -0.2) is 4.98 Å². The summed E-state index contributed by atoms with van der Waals surface area (Å²) in [7, 11) is 0. The van der Waals surface area contributed by atoms with Gasteiger partial charge in [0, 0.05) is 11.1 Å². The van der Waals surface area contributed by atoms with E-state index >= 15 is 0 Å². The highest BCUT2D eigenvalue weighted by Gasteiger charge is 2.10. The highest BCUT2D eigenvalue weighted by molar-refractivity contribution is 5.68. The number of nitrogens with two attached hydrogens (primary N) is 1. The fourth-order valence-corrected chi connectivity index (χ4v) is 1.65. The van der Waals surface area contributed by atoms with Gasteiger partial charge in [-0.05, 0) is 18.2 Å². The summed E-state index contributed by atoms with van der Waals surface area (Å²) in [6.07, 6.45) is 0.106. The molecule has 0 aliphatic rings. The quantitative estimate of drug-likeness (QED) is 0.857. The molecule has 1 heterocycles. The summed E-state index contributed by atoms with van der Waals surface area (Å²) < 4.78 is 13.7. The topological polar surface area (TPSA) is 62.7 Å². The second kappa shape index (κ2) is 4.62. The average Bonchev–Trinajstić information content (AvgIpc) is 2.31. The second-order valence-corrected chi connectivity index (χ2v) is 3.55. The molecule has 1 aromatic heterocycles. The summed E-state index contributed by atoms with van der Waals surface area (Å²) in [6.45, 7) is 0. The van der Waals surface area contributed by atoms with Crippen molar-refractivity contribution in [3.63, 3.8) is 0 Å². The average molecular weight is 227 g/mol. The van der Waals surface area contributed by atoms with Crippen LogP contribution in [0, 0.1) is 17.1 Å². The lowest BCUT2D eigenvalue weighted by atomic mass is 10.0. The predicted octanol–water partition coefficient (Wildman–Crippen LogP) is 2.54. The van der Waals surface area contributed by atoms with Crippen molar-refractivity contribution in [2.45, 2.75) is 6.42 Å². The third-order valence-electron chi connectivity index (χ3n) is 2.41. The molecular formula is C13H10FN3. The van der Waals surface area contributed by atoms with Crippen LogP contribution in [0.5, 0.6) is 0 Å². The lowest BCUT2D eigenvalue weighted by Crippen LogP contribution is -1.99. The molecule has 0 fully saturated rings. The van der Waals surface area contributed by atoms with E-state index in [4.69, 9.17) is 11.0 Å². The molecule has 0 spiro atoms. The molecule has 0 aliphatic carbocycles. The third kappa shape index (κ3) is 2.23. The number of anilines is 1. The maximum absolute atomic E-state index is 13.7. The maximum atomic E-state index is 13.7. The molecular weight excluding hydrogens is 217 g/mol. The molecule has 0 unspecified atom stereocenters. The maximum Gasteiger partial charge on any atom is 0.131 e. The lowest BCUT2D eigenvalue weighted by molar-refractivity contribution is 0.631. The van der Waals surface area contributed by atoms with E-state index < -0.39 is 0 Å². The highest BCUT2D eigenvalue weighted by atomic mass is 19.1. The zero-order valence-electron chi connectivity index (χ0n) is 9.02. The minimum absolute atomic E-state index is 0.106. The van der Waals surface area contributed by atoms with E-state index in [1.54, 1.807) is 30.3 Å². The number of nitrogens with zero attached hydrogens (tertiary/aromatic N) is 2. The molecule has 0 saturated carbocycles. The normalized spacial score (nSPS) is 9.88. The molecule has 17 heavy (non-hydrogen) atoms. The smallest absolute Gasteiger partial charge is 0.131 e. The minimum Gasteiger partial charge on any atom is -0.384 e. The fraction of sp³-hybridized carbons (Fsp3) is 0.0769. The van der Waals surface area contributed by atoms with Crippen LogP contribution in [0.1, 0.15) is 5.69 Å². The molecule has 0 aliphatic heterocycles. The molecule has 3 nitrogen and oxygen atoms in total. The largest absolute Gasteiger partial charge is 0.384 e. The van der Waals surface area contributed by atoms with Gasteiger partial charge >= 0.3 is 0 Å². The van der Waals surface area contributed by atoms with Crippen LogP contribution >= 0.6 is 0 Å². The van der Waals surface area contributed by atoms with Gasteiger partial charge in [-0.3, -0.25) is 0 Å². The summed E-state index contributed by atoms with van der Waals surface area (Å²) in [6, 6.07) is 11.7. The Hall–Kier alpha value is -2.41. The molecule has 0 amide bonds. The number of halogens is 1. The van der Waals surface area contributed by atoms with Gasteiger partial charge in [0.15, 0.2) is 0 Å². The molecule has 4 heteroatoms. The first-order chi connectivity index (χ1) is 8.22. The molecule has 2 rings (SSSR count). The third-order valence-corrected chi connectivity index (χ3v) is 2.41. The molecule has 0 atom stereocenters. The van der Waals surface area contributed by atoms with Gasteiger partial charge in [-0.1, -0.05) is 18.2 Å². The van der Waals surface area contributed by atoms with E-state index in [2.05, 4.69) is 4.98 Å². The Labute approximate surface area is 98.3 Å². The van der Waals surface area contributed by atoms with Crippen LogP contribution in [-0.2, 0) is 6.42 Å². The summed E-state index contributed by atoms with van der Waals surface area (Å²) in [5, 5.41) is 8.73. The van der Waals surface area contributed by atoms with Gasteiger partial charge < -0.3 is 5.73 Å². The van der Waals surface area contributed by atoms with Crippen LogP contribution < -0.4 is 5.73 Å². The van der Waals surface area contributed by atoms with Crippen LogP contribution in [0.3, 0.4) is 0 Å². The van der Waals surface area contributed by atoms with E-state index in [-0.39, 0.29) is 12.2 Å². The van der Waals surface area contributed by atoms with E-state index in [0.717, 1.165) is 0 Å². The number of pyridine rings is 1. The first-order valence-electron chi connectivity index (χ1n) is 5.09. The van der Waals surface area contributed by atoms with Crippen LogP contribution in [0.25, 0.3) is 11.1 Å². The lowest BCUT2D eigenvalue weighted by Gasteiger charge is -2.08. The van der Waals surface area contributed by atoms with Crippen molar-refractivity contribution in [3.05, 3.63) is 47.9 Å². The molecule has 2 N–H and O–H groups in total. The van der Waals surface area contributed by atoms with E-state index in [1.165, 1.54) is 6.07 Å². The zero-order chi connectivity index (χ0) is 12.3. The standard InChI is InChI=1S/C13H10FN3/c14-11-4-2-1-3-9(11)10-5-6-13(16)17-12(10)7-8-15/h1-6H,7H2,(H2,16,17). The van der Waals surface area contributed by atoms with Gasteiger partial charge in [-0.15, -0.1) is 0 Å². The summed E-state index contributed by atoms with van der Waals surface area (Å²) in [5.74, 6) is -0.00593. The zero-order valence-corrected chi connectivity index (χ0v) is 9.02. The second-order valence-electron chi connectivity index (χ2n) is 3.55. The minimum atomic E-state index is -0.335. The number of nitrogen functional groups attached to an aromatic ring is 1. The van der Waals surface area contributed by atoms with Crippen molar-refractivity contribution in [1.29, 1.82) is 5.26 Å². The molecule has 2 aromatic rings. The van der Waals surface area contributed by atoms with Gasteiger partial charge in [-0.25, -0.2) is 9.37 Å². The first kappa shape index (κ1) is 11.1. The van der Waals surface area contributed by atoms with E-state index in [1.807, 2.05) is 6.07 Å². The van der Waals surface area contributed by atoms with Gasteiger partial charge in [0.1, 0.15) is 11.6 Å². The van der Waals surface area contributed by atoms with Crippen molar-refractivity contribution >= 4 is 5.82 Å². The Bertz CT molecular complexity index is 587. The Balaban J connectivity index is 2.60. The fourth-order valence-electron chi connectivity index (χ4n) is 1.65. The highest BCUT2D eigenvalue weighted by Crippen LogP contribution is 2.26. The number of nitriles is 1. The number of hydrogen-bond acceptors (Lipinski definition) is 3. The van der Waals surface area contributed by atoms with Crippen molar-refractivity contribution in [3.8, 4) is 17.2 Å². The van der Waals surface area contributed by atoms with Crippen LogP contribution in [0.2, 0.25) is 0 Å². The van der Waals surface area contributed by atoms with Crippen molar-refractivity contribution in [2.75, 3.05) is 5.73 Å². The van der Waals surface area contributed by atoms with Gasteiger partial charge in [0.25, 0.3) is 0 Å². The van der Waals surface area contributed by atoms with Gasteiger partial charge in [0.05, 0.1) is 18.2 Å². The van der Waals surface area contributed by atoms with Gasteiger partial charge in [0.2, 0.25) is 0 Å². The van der Waals surface area contributed by atoms with Crippen LogP contribution in [0.15, 0.2) is 36.4 Å². The van der Waals surface area contributed by atoms with Crippen molar-refractivity contribution < 1.29 is 4.39 Å². The summed E-state index contributed by atoms with van der Waals surface area (Å²) >= 11 is 0. The number of hydrogen-bond donors (Lipinski definition) is 1. The number of aromatic nitrogens is 1. The van der Waals surface area contributed by atoms with E-state index in [0.29, 0.717) is 22.6 Å². The molecule has 0 saturated heterocycles. The number of benzene rings is 1. The Morgan fingerprint density at radius 1 is 1.18 bits per heavy atom. The van der Waals surface area contributed by atoms with Crippen molar-refractivity contribution in [2.24, 2.45) is 0 Å². The Kier molecular flexibility index (Phi) is 3.01.